The van der Waals surface area contributed by atoms with Crippen molar-refractivity contribution >= 4 is 21.9 Å². The topological polar surface area (TPSA) is 13.1 Å². The van der Waals surface area contributed by atoms with Crippen LogP contribution in [0.5, 0.6) is 0 Å². The molecule has 1 heterocycles. The molecule has 0 aliphatic heterocycles. The molecule has 0 radical (unpaired) electrons. The van der Waals surface area contributed by atoms with Gasteiger partial charge in [-0.2, -0.15) is 0 Å². The zero-order valence-corrected chi connectivity index (χ0v) is 26.0. The average molecular weight is 636 g/mol. The highest BCUT2D eigenvalue weighted by molar-refractivity contribution is 6.13. The second-order valence-electron chi connectivity index (χ2n) is 11.7. The highest BCUT2D eigenvalue weighted by atomic mass is 16.3. The maximum absolute atomic E-state index is 9.54. The van der Waals surface area contributed by atoms with E-state index < -0.39 is 66.0 Å². The SMILES string of the molecule is [2H]c1c([2H])c([2H])c(-c2c([2H])c([2H])c3oc4c([2H])c([2H])c([2H])c(-c5cc(-c6ccc(-c7ccccc7)cc6)cc(-c6cccc(-c7ccccc7)c6)c5)c4c3c2[2H])c([2H])c1[2H]. The minimum Gasteiger partial charge on any atom is -0.456 e. The highest BCUT2D eigenvalue weighted by Crippen LogP contribution is 2.41. The summed E-state index contributed by atoms with van der Waals surface area (Å²) in [6.45, 7) is 0. The minimum absolute atomic E-state index is 0.0729. The van der Waals surface area contributed by atoms with Crippen molar-refractivity contribution in [2.45, 2.75) is 0 Å². The largest absolute Gasteiger partial charge is 0.456 e. The molecule has 9 rings (SSSR count). The smallest absolute Gasteiger partial charge is 0.136 e. The number of fused-ring (bicyclic) bond motifs is 3. The van der Waals surface area contributed by atoms with Crippen molar-refractivity contribution in [2.75, 3.05) is 0 Å². The maximum atomic E-state index is 9.54. The molecule has 0 bridgehead atoms. The fraction of sp³-hybridized carbons (Fsp3) is 0. The van der Waals surface area contributed by atoms with Crippen LogP contribution in [0.15, 0.2) is 198 Å². The quantitative estimate of drug-likeness (QED) is 0.177. The van der Waals surface area contributed by atoms with Gasteiger partial charge in [0.25, 0.3) is 0 Å². The Bertz CT molecular complexity index is 3170. The van der Waals surface area contributed by atoms with Crippen LogP contribution in [0.1, 0.15) is 15.1 Å². The van der Waals surface area contributed by atoms with Crippen LogP contribution in [0, 0.1) is 0 Å². The Balaban J connectivity index is 1.36. The van der Waals surface area contributed by atoms with Gasteiger partial charge in [0, 0.05) is 10.8 Å². The van der Waals surface area contributed by atoms with Crippen LogP contribution in [0.25, 0.3) is 88.7 Å². The van der Waals surface area contributed by atoms with Crippen LogP contribution < -0.4 is 0 Å². The molecule has 1 aromatic heterocycles. The van der Waals surface area contributed by atoms with E-state index in [-0.39, 0.29) is 39.1 Å². The van der Waals surface area contributed by atoms with Gasteiger partial charge in [0.05, 0.1) is 15.1 Å². The first-order valence-electron chi connectivity index (χ1n) is 21.4. The van der Waals surface area contributed by atoms with Gasteiger partial charge in [-0.15, -0.1) is 0 Å². The van der Waals surface area contributed by atoms with Gasteiger partial charge in [-0.25, -0.2) is 0 Å². The molecule has 0 unspecified atom stereocenters. The van der Waals surface area contributed by atoms with Crippen molar-refractivity contribution in [1.29, 1.82) is 0 Å². The van der Waals surface area contributed by atoms with Crippen LogP contribution in [-0.2, 0) is 0 Å². The molecule has 0 atom stereocenters. The molecule has 0 saturated carbocycles. The Labute approximate surface area is 301 Å². The fourth-order valence-corrected chi connectivity index (χ4v) is 6.27. The van der Waals surface area contributed by atoms with E-state index in [1.807, 2.05) is 121 Å². The average Bonchev–Trinajstić information content (AvgIpc) is 3.69. The zero-order chi connectivity index (χ0) is 42.1. The van der Waals surface area contributed by atoms with E-state index in [1.165, 1.54) is 0 Å². The minimum atomic E-state index is -0.660. The Morgan fingerprint density at radius 1 is 0.347 bits per heavy atom. The lowest BCUT2D eigenvalue weighted by molar-refractivity contribution is 0.669. The summed E-state index contributed by atoms with van der Waals surface area (Å²) in [4.78, 5) is 0. The molecule has 0 fully saturated rings. The van der Waals surface area contributed by atoms with Crippen molar-refractivity contribution in [3.8, 4) is 66.8 Å². The van der Waals surface area contributed by atoms with E-state index in [4.69, 9.17) is 16.8 Å². The summed E-state index contributed by atoms with van der Waals surface area (Å²) >= 11 is 0. The summed E-state index contributed by atoms with van der Waals surface area (Å²) in [5.41, 5.74) is 6.73. The van der Waals surface area contributed by atoms with E-state index in [0.717, 1.165) is 44.5 Å². The number of hydrogen-bond donors (Lipinski definition) is 0. The van der Waals surface area contributed by atoms with E-state index in [9.17, 15) is 2.74 Å². The molecule has 0 spiro atoms. The molecule has 1 heteroatoms. The van der Waals surface area contributed by atoms with Crippen molar-refractivity contribution in [3.05, 3.63) is 194 Å². The first-order chi connectivity index (χ1) is 28.8. The third-order valence-electron chi connectivity index (χ3n) is 8.67. The van der Waals surface area contributed by atoms with Crippen molar-refractivity contribution in [2.24, 2.45) is 0 Å². The van der Waals surface area contributed by atoms with Crippen molar-refractivity contribution in [1.82, 2.24) is 0 Å². The second kappa shape index (κ2) is 12.3. The van der Waals surface area contributed by atoms with Crippen molar-refractivity contribution in [3.63, 3.8) is 0 Å². The molecule has 230 valence electrons. The second-order valence-corrected chi connectivity index (χ2v) is 11.7. The van der Waals surface area contributed by atoms with Gasteiger partial charge in [0.2, 0.25) is 0 Å². The van der Waals surface area contributed by atoms with E-state index in [1.54, 1.807) is 0 Å². The summed E-state index contributed by atoms with van der Waals surface area (Å²) < 4.78 is 103. The van der Waals surface area contributed by atoms with Gasteiger partial charge in [0.15, 0.2) is 0 Å². The summed E-state index contributed by atoms with van der Waals surface area (Å²) in [5, 5.41) is -0.00117. The lowest BCUT2D eigenvalue weighted by Crippen LogP contribution is -1.88. The number of rotatable bonds is 6. The van der Waals surface area contributed by atoms with E-state index >= 15 is 0 Å². The summed E-state index contributed by atoms with van der Waals surface area (Å²) in [6.07, 6.45) is 0. The molecule has 0 saturated heterocycles. The highest BCUT2D eigenvalue weighted by Gasteiger charge is 2.16. The van der Waals surface area contributed by atoms with E-state index in [2.05, 4.69) is 6.07 Å². The third-order valence-corrected chi connectivity index (χ3v) is 8.67. The predicted molar refractivity (Wildman–Crippen MR) is 206 cm³/mol. The van der Waals surface area contributed by atoms with Gasteiger partial charge in [-0.3, -0.25) is 0 Å². The molecule has 49 heavy (non-hydrogen) atoms. The molecule has 8 aromatic carbocycles. The number of hydrogen-bond acceptors (Lipinski definition) is 1. The predicted octanol–water partition coefficient (Wildman–Crippen LogP) is 13.6. The summed E-state index contributed by atoms with van der Waals surface area (Å²) in [6, 6.07) is 35.8. The van der Waals surface area contributed by atoms with E-state index in [0.29, 0.717) is 5.56 Å². The van der Waals surface area contributed by atoms with Gasteiger partial charge in [-0.05, 0) is 109 Å². The molecule has 9 aromatic rings. The van der Waals surface area contributed by atoms with Gasteiger partial charge in [0.1, 0.15) is 11.2 Å². The molecule has 0 aliphatic rings. The third kappa shape index (κ3) is 5.52. The normalized spacial score (nSPS) is 14.4. The summed E-state index contributed by atoms with van der Waals surface area (Å²) in [5.74, 6) is 0. The lowest BCUT2D eigenvalue weighted by atomic mass is 9.90. The van der Waals surface area contributed by atoms with Crippen LogP contribution in [0.2, 0.25) is 0 Å². The monoisotopic (exact) mass is 635 g/mol. The van der Waals surface area contributed by atoms with Crippen molar-refractivity contribution < 1.29 is 19.5 Å². The van der Waals surface area contributed by atoms with Crippen LogP contribution in [0.3, 0.4) is 0 Å². The van der Waals surface area contributed by atoms with Crippen LogP contribution in [-0.4, -0.2) is 0 Å². The Hall–Kier alpha value is -6.44. The molecule has 0 amide bonds. The van der Waals surface area contributed by atoms with Gasteiger partial charge >= 0.3 is 0 Å². The Morgan fingerprint density at radius 3 is 1.61 bits per heavy atom. The molecule has 0 aliphatic carbocycles. The first-order valence-corrected chi connectivity index (χ1v) is 15.9. The number of benzene rings is 8. The molecule has 1 nitrogen and oxygen atoms in total. The van der Waals surface area contributed by atoms with Gasteiger partial charge < -0.3 is 4.42 Å². The van der Waals surface area contributed by atoms with Gasteiger partial charge in [-0.1, -0.05) is 151 Å². The maximum Gasteiger partial charge on any atom is 0.136 e. The zero-order valence-electron chi connectivity index (χ0n) is 37.0. The molecular formula is C48H32O. The number of furan rings is 1. The fourth-order valence-electron chi connectivity index (χ4n) is 6.27. The summed E-state index contributed by atoms with van der Waals surface area (Å²) in [7, 11) is 0. The standard InChI is InChI=1S/C48H32O/c1-4-12-33(13-5-1)36-22-24-37(25-23-36)41-29-42(39-19-10-18-38(28-39)34-14-6-2-7-15-34)31-43(30-41)44-20-11-21-47-48(44)45-32-40(26-27-46(45)49-47)35-16-8-3-9-17-35/h1-32H/i3D,8D,9D,11D,16D,17D,20D,21D,26D,27D,32D. The molecular weight excluding hydrogens is 593 g/mol. The lowest BCUT2D eigenvalue weighted by Gasteiger charge is -2.14. The van der Waals surface area contributed by atoms with Crippen LogP contribution >= 0.6 is 0 Å². The Morgan fingerprint density at radius 2 is 0.898 bits per heavy atom. The first kappa shape index (κ1) is 19.4. The Kier molecular flexibility index (Phi) is 4.87. The van der Waals surface area contributed by atoms with Crippen LogP contribution in [0.4, 0.5) is 0 Å². The molecule has 0 N–H and O–H groups in total.